The summed E-state index contributed by atoms with van der Waals surface area (Å²) in [6, 6.07) is 3.83. The topological polar surface area (TPSA) is 63.9 Å². The molecule has 0 bridgehead atoms. The predicted molar refractivity (Wildman–Crippen MR) is 90.0 cm³/mol. The molecule has 7 heteroatoms. The molecule has 0 saturated carbocycles. The van der Waals surface area contributed by atoms with E-state index in [9.17, 15) is 4.79 Å². The number of aromatic nitrogens is 4. The van der Waals surface area contributed by atoms with Crippen LogP contribution in [0.2, 0.25) is 0 Å². The zero-order valence-corrected chi connectivity index (χ0v) is 14.1. The van der Waals surface area contributed by atoms with Gasteiger partial charge in [-0.2, -0.15) is 0 Å². The molecule has 0 atom stereocenters. The quantitative estimate of drug-likeness (QED) is 0.805. The Kier molecular flexibility index (Phi) is 5.27. The van der Waals surface area contributed by atoms with Crippen LogP contribution in [-0.4, -0.2) is 49.4 Å². The molecular weight excluding hydrogens is 310 g/mol. The number of thioether (sulfide) groups is 1. The highest BCUT2D eigenvalue weighted by Crippen LogP contribution is 2.22. The number of rotatable bonds is 4. The van der Waals surface area contributed by atoms with Gasteiger partial charge < -0.3 is 9.47 Å². The standard InChI is InChI=1S/C16H21N5OS/c1-20-15(13-7-6-8-17-11-13)18-19-16(20)23-12-14(22)21-9-4-2-3-5-10-21/h6-8,11H,2-5,9-10,12H2,1H3. The number of carbonyl (C=O) groups excluding carboxylic acids is 1. The van der Waals surface area contributed by atoms with Crippen molar-refractivity contribution in [1.29, 1.82) is 0 Å². The molecule has 1 aliphatic heterocycles. The van der Waals surface area contributed by atoms with E-state index in [2.05, 4.69) is 15.2 Å². The van der Waals surface area contributed by atoms with Crippen molar-refractivity contribution in [2.24, 2.45) is 7.05 Å². The lowest BCUT2D eigenvalue weighted by Crippen LogP contribution is -2.33. The summed E-state index contributed by atoms with van der Waals surface area (Å²) >= 11 is 1.45. The Hall–Kier alpha value is -1.89. The van der Waals surface area contributed by atoms with Gasteiger partial charge in [0, 0.05) is 38.1 Å². The maximum absolute atomic E-state index is 12.3. The molecule has 122 valence electrons. The summed E-state index contributed by atoms with van der Waals surface area (Å²) in [5, 5.41) is 9.18. The van der Waals surface area contributed by atoms with E-state index in [1.807, 2.05) is 28.6 Å². The summed E-state index contributed by atoms with van der Waals surface area (Å²) in [7, 11) is 1.92. The third kappa shape index (κ3) is 3.90. The zero-order chi connectivity index (χ0) is 16.1. The molecule has 1 fully saturated rings. The van der Waals surface area contributed by atoms with Gasteiger partial charge in [0.2, 0.25) is 5.91 Å². The van der Waals surface area contributed by atoms with Crippen LogP contribution in [0.5, 0.6) is 0 Å². The van der Waals surface area contributed by atoms with E-state index in [1.165, 1.54) is 24.6 Å². The minimum atomic E-state index is 0.197. The van der Waals surface area contributed by atoms with Gasteiger partial charge in [-0.05, 0) is 25.0 Å². The highest BCUT2D eigenvalue weighted by molar-refractivity contribution is 7.99. The fraction of sp³-hybridized carbons (Fsp3) is 0.500. The van der Waals surface area contributed by atoms with Crippen LogP contribution >= 0.6 is 11.8 Å². The fourth-order valence-electron chi connectivity index (χ4n) is 2.72. The number of hydrogen-bond acceptors (Lipinski definition) is 5. The number of amides is 1. The summed E-state index contributed by atoms with van der Waals surface area (Å²) < 4.78 is 1.91. The van der Waals surface area contributed by atoms with Gasteiger partial charge in [-0.1, -0.05) is 24.6 Å². The molecule has 23 heavy (non-hydrogen) atoms. The second-order valence-electron chi connectivity index (χ2n) is 5.69. The average molecular weight is 331 g/mol. The first-order valence-electron chi connectivity index (χ1n) is 7.96. The zero-order valence-electron chi connectivity index (χ0n) is 13.3. The van der Waals surface area contributed by atoms with Crippen LogP contribution in [0.4, 0.5) is 0 Å². The molecule has 0 spiro atoms. The van der Waals surface area contributed by atoms with Gasteiger partial charge in [0.25, 0.3) is 0 Å². The summed E-state index contributed by atoms with van der Waals surface area (Å²) in [5.74, 6) is 1.38. The van der Waals surface area contributed by atoms with Crippen molar-refractivity contribution in [3.8, 4) is 11.4 Å². The molecule has 1 saturated heterocycles. The molecule has 1 amide bonds. The van der Waals surface area contributed by atoms with Gasteiger partial charge in [-0.25, -0.2) is 0 Å². The molecule has 2 aromatic heterocycles. The monoisotopic (exact) mass is 331 g/mol. The van der Waals surface area contributed by atoms with Crippen LogP contribution in [0.15, 0.2) is 29.7 Å². The maximum Gasteiger partial charge on any atom is 0.233 e. The molecule has 0 N–H and O–H groups in total. The highest BCUT2D eigenvalue weighted by atomic mass is 32.2. The number of pyridine rings is 1. The van der Waals surface area contributed by atoms with E-state index in [0.717, 1.165) is 42.5 Å². The molecule has 0 aromatic carbocycles. The third-order valence-electron chi connectivity index (χ3n) is 4.04. The van der Waals surface area contributed by atoms with E-state index in [4.69, 9.17) is 0 Å². The molecule has 1 aliphatic rings. The Balaban J connectivity index is 1.62. The van der Waals surface area contributed by atoms with Crippen molar-refractivity contribution in [3.05, 3.63) is 24.5 Å². The summed E-state index contributed by atoms with van der Waals surface area (Å²) in [6.45, 7) is 1.78. The average Bonchev–Trinajstić information content (AvgIpc) is 2.79. The molecule has 2 aromatic rings. The predicted octanol–water partition coefficient (Wildman–Crippen LogP) is 2.37. The van der Waals surface area contributed by atoms with Gasteiger partial charge in [-0.15, -0.1) is 10.2 Å². The Labute approximate surface area is 140 Å². The normalized spacial score (nSPS) is 15.4. The van der Waals surface area contributed by atoms with Gasteiger partial charge in [0.1, 0.15) is 0 Å². The second-order valence-corrected chi connectivity index (χ2v) is 6.63. The third-order valence-corrected chi connectivity index (χ3v) is 5.04. The van der Waals surface area contributed by atoms with Crippen molar-refractivity contribution in [2.45, 2.75) is 30.8 Å². The van der Waals surface area contributed by atoms with Crippen LogP contribution in [0, 0.1) is 0 Å². The number of likely N-dealkylation sites (tertiary alicyclic amines) is 1. The first-order valence-corrected chi connectivity index (χ1v) is 8.94. The van der Waals surface area contributed by atoms with Crippen LogP contribution in [-0.2, 0) is 11.8 Å². The van der Waals surface area contributed by atoms with E-state index in [-0.39, 0.29) is 5.91 Å². The van der Waals surface area contributed by atoms with Crippen molar-refractivity contribution in [1.82, 2.24) is 24.6 Å². The molecule has 0 aliphatic carbocycles. The Morgan fingerprint density at radius 2 is 2.00 bits per heavy atom. The minimum absolute atomic E-state index is 0.197. The molecule has 6 nitrogen and oxygen atoms in total. The van der Waals surface area contributed by atoms with E-state index < -0.39 is 0 Å². The molecule has 3 heterocycles. The SMILES string of the molecule is Cn1c(SCC(=O)N2CCCCCC2)nnc1-c1cccnc1. The van der Waals surface area contributed by atoms with Crippen molar-refractivity contribution < 1.29 is 4.79 Å². The lowest BCUT2D eigenvalue weighted by molar-refractivity contribution is -0.128. The molecular formula is C16H21N5OS. The first kappa shape index (κ1) is 16.0. The van der Waals surface area contributed by atoms with Gasteiger partial charge in [0.05, 0.1) is 5.75 Å². The Bertz CT molecular complexity index is 650. The largest absolute Gasteiger partial charge is 0.342 e. The number of hydrogen-bond donors (Lipinski definition) is 0. The molecule has 0 unspecified atom stereocenters. The van der Waals surface area contributed by atoms with Crippen molar-refractivity contribution >= 4 is 17.7 Å². The smallest absolute Gasteiger partial charge is 0.233 e. The van der Waals surface area contributed by atoms with E-state index in [1.54, 1.807) is 12.4 Å². The summed E-state index contributed by atoms with van der Waals surface area (Å²) in [4.78, 5) is 18.4. The Morgan fingerprint density at radius 1 is 1.22 bits per heavy atom. The van der Waals surface area contributed by atoms with Gasteiger partial charge in [0.15, 0.2) is 11.0 Å². The van der Waals surface area contributed by atoms with Crippen LogP contribution in [0.25, 0.3) is 11.4 Å². The second kappa shape index (κ2) is 7.59. The van der Waals surface area contributed by atoms with Crippen molar-refractivity contribution in [2.75, 3.05) is 18.8 Å². The number of nitrogens with zero attached hydrogens (tertiary/aromatic N) is 5. The minimum Gasteiger partial charge on any atom is -0.342 e. The highest BCUT2D eigenvalue weighted by Gasteiger charge is 2.18. The molecule has 0 radical (unpaired) electrons. The summed E-state index contributed by atoms with van der Waals surface area (Å²) in [5.41, 5.74) is 0.924. The van der Waals surface area contributed by atoms with Crippen molar-refractivity contribution in [3.63, 3.8) is 0 Å². The molecule has 3 rings (SSSR count). The fourth-order valence-corrected chi connectivity index (χ4v) is 3.54. The summed E-state index contributed by atoms with van der Waals surface area (Å²) in [6.07, 6.45) is 8.19. The van der Waals surface area contributed by atoms with E-state index >= 15 is 0 Å². The van der Waals surface area contributed by atoms with Gasteiger partial charge >= 0.3 is 0 Å². The maximum atomic E-state index is 12.3. The lowest BCUT2D eigenvalue weighted by Gasteiger charge is -2.19. The Morgan fingerprint density at radius 3 is 2.70 bits per heavy atom. The first-order chi connectivity index (χ1) is 11.3. The number of carbonyl (C=O) groups is 1. The van der Waals surface area contributed by atoms with Crippen LogP contribution in [0.3, 0.4) is 0 Å². The van der Waals surface area contributed by atoms with Gasteiger partial charge in [-0.3, -0.25) is 9.78 Å². The van der Waals surface area contributed by atoms with Crippen LogP contribution in [0.1, 0.15) is 25.7 Å². The van der Waals surface area contributed by atoms with E-state index in [0.29, 0.717) is 5.75 Å². The lowest BCUT2D eigenvalue weighted by atomic mass is 10.2. The van der Waals surface area contributed by atoms with Crippen LogP contribution < -0.4 is 0 Å².